The molecule has 1 aromatic rings. The van der Waals surface area contributed by atoms with E-state index in [-0.39, 0.29) is 17.6 Å². The van der Waals surface area contributed by atoms with Gasteiger partial charge in [-0.1, -0.05) is 26.7 Å². The van der Waals surface area contributed by atoms with Crippen LogP contribution in [0.2, 0.25) is 0 Å². The molecule has 1 rings (SSSR count). The van der Waals surface area contributed by atoms with Gasteiger partial charge in [0.25, 0.3) is 0 Å². The molecule has 100 valence electrons. The summed E-state index contributed by atoms with van der Waals surface area (Å²) in [5.41, 5.74) is 0.622. The molecular weight excluding hydrogens is 297 g/mol. The Bertz CT molecular complexity index is 409. The zero-order valence-corrected chi connectivity index (χ0v) is 12.4. The molecule has 0 aliphatic rings. The van der Waals surface area contributed by atoms with Gasteiger partial charge in [-0.2, -0.15) is 0 Å². The first kappa shape index (κ1) is 15.2. The van der Waals surface area contributed by atoms with E-state index >= 15 is 0 Å². The quantitative estimate of drug-likeness (QED) is 0.807. The Hall–Kier alpha value is -0.900. The van der Waals surface area contributed by atoms with Crippen LogP contribution in [-0.2, 0) is 4.79 Å². The van der Waals surface area contributed by atoms with Gasteiger partial charge in [-0.15, -0.1) is 0 Å². The van der Waals surface area contributed by atoms with Gasteiger partial charge in [0.2, 0.25) is 5.91 Å². The second-order valence-electron chi connectivity index (χ2n) is 4.36. The Morgan fingerprint density at radius 1 is 1.44 bits per heavy atom. The van der Waals surface area contributed by atoms with Crippen molar-refractivity contribution >= 4 is 27.5 Å². The van der Waals surface area contributed by atoms with E-state index in [1.54, 1.807) is 6.07 Å². The van der Waals surface area contributed by atoms with E-state index < -0.39 is 0 Å². The van der Waals surface area contributed by atoms with Crippen molar-refractivity contribution in [3.8, 4) is 0 Å². The van der Waals surface area contributed by atoms with Crippen LogP contribution in [0, 0.1) is 11.7 Å². The molecule has 0 aliphatic carbocycles. The molecule has 1 amide bonds. The minimum Gasteiger partial charge on any atom is -0.325 e. The molecule has 0 radical (unpaired) electrons. The summed E-state index contributed by atoms with van der Waals surface area (Å²) in [7, 11) is 0. The highest BCUT2D eigenvalue weighted by molar-refractivity contribution is 9.10. The maximum Gasteiger partial charge on any atom is 0.227 e. The highest BCUT2D eigenvalue weighted by atomic mass is 79.9. The number of amides is 1. The zero-order chi connectivity index (χ0) is 13.5. The standard InChI is InChI=1S/C14H19BrFNO/c1-3-5-6-10(4-2)14(18)17-13-8-7-11(16)9-12(13)15/h7-10H,3-6H2,1-2H3,(H,17,18). The number of hydrogen-bond donors (Lipinski definition) is 1. The SMILES string of the molecule is CCCCC(CC)C(=O)Nc1ccc(F)cc1Br. The van der Waals surface area contributed by atoms with E-state index in [2.05, 4.69) is 28.2 Å². The van der Waals surface area contributed by atoms with E-state index in [1.165, 1.54) is 12.1 Å². The van der Waals surface area contributed by atoms with E-state index in [9.17, 15) is 9.18 Å². The monoisotopic (exact) mass is 315 g/mol. The van der Waals surface area contributed by atoms with Gasteiger partial charge in [0, 0.05) is 10.4 Å². The van der Waals surface area contributed by atoms with Gasteiger partial charge in [-0.05, 0) is 47.0 Å². The van der Waals surface area contributed by atoms with Crippen molar-refractivity contribution in [3.05, 3.63) is 28.5 Å². The van der Waals surface area contributed by atoms with Crippen molar-refractivity contribution in [2.75, 3.05) is 5.32 Å². The fourth-order valence-electron chi connectivity index (χ4n) is 1.80. The van der Waals surface area contributed by atoms with Crippen molar-refractivity contribution < 1.29 is 9.18 Å². The second kappa shape index (κ2) is 7.52. The van der Waals surface area contributed by atoms with E-state index in [0.29, 0.717) is 10.2 Å². The van der Waals surface area contributed by atoms with Crippen LogP contribution in [0.25, 0.3) is 0 Å². The van der Waals surface area contributed by atoms with Gasteiger partial charge in [-0.25, -0.2) is 4.39 Å². The molecule has 0 saturated carbocycles. The first-order valence-electron chi connectivity index (χ1n) is 6.34. The fourth-order valence-corrected chi connectivity index (χ4v) is 2.25. The Labute approximate surface area is 116 Å². The molecule has 1 aromatic carbocycles. The van der Waals surface area contributed by atoms with Gasteiger partial charge in [0.05, 0.1) is 5.69 Å². The van der Waals surface area contributed by atoms with Crippen LogP contribution in [0.1, 0.15) is 39.5 Å². The second-order valence-corrected chi connectivity index (χ2v) is 5.22. The van der Waals surface area contributed by atoms with Crippen molar-refractivity contribution in [3.63, 3.8) is 0 Å². The predicted octanol–water partition coefficient (Wildman–Crippen LogP) is 4.74. The summed E-state index contributed by atoms with van der Waals surface area (Å²) in [5.74, 6) is -0.280. The van der Waals surface area contributed by atoms with Crippen molar-refractivity contribution in [1.29, 1.82) is 0 Å². The largest absolute Gasteiger partial charge is 0.325 e. The van der Waals surface area contributed by atoms with Crippen LogP contribution in [0.3, 0.4) is 0 Å². The smallest absolute Gasteiger partial charge is 0.227 e. The number of unbranched alkanes of at least 4 members (excludes halogenated alkanes) is 1. The number of carbonyl (C=O) groups is 1. The number of anilines is 1. The highest BCUT2D eigenvalue weighted by Gasteiger charge is 2.16. The molecule has 0 aromatic heterocycles. The summed E-state index contributed by atoms with van der Waals surface area (Å²) in [6.07, 6.45) is 3.86. The lowest BCUT2D eigenvalue weighted by molar-refractivity contribution is -0.120. The van der Waals surface area contributed by atoms with Crippen LogP contribution >= 0.6 is 15.9 Å². The first-order valence-corrected chi connectivity index (χ1v) is 7.13. The predicted molar refractivity (Wildman–Crippen MR) is 76.0 cm³/mol. The number of benzene rings is 1. The number of nitrogens with one attached hydrogen (secondary N) is 1. The average molecular weight is 316 g/mol. The van der Waals surface area contributed by atoms with Crippen molar-refractivity contribution in [2.45, 2.75) is 39.5 Å². The Balaban J connectivity index is 2.67. The molecule has 0 saturated heterocycles. The molecule has 1 unspecified atom stereocenters. The van der Waals surface area contributed by atoms with Gasteiger partial charge in [-0.3, -0.25) is 4.79 Å². The number of carbonyl (C=O) groups excluding carboxylic acids is 1. The summed E-state index contributed by atoms with van der Waals surface area (Å²) >= 11 is 3.24. The molecule has 1 N–H and O–H groups in total. The number of rotatable bonds is 6. The third kappa shape index (κ3) is 4.41. The molecule has 0 heterocycles. The van der Waals surface area contributed by atoms with Crippen LogP contribution in [0.5, 0.6) is 0 Å². The minimum atomic E-state index is -0.321. The molecule has 0 spiro atoms. The molecule has 1 atom stereocenters. The lowest BCUT2D eigenvalue weighted by atomic mass is 9.98. The van der Waals surface area contributed by atoms with Crippen LogP contribution in [-0.4, -0.2) is 5.91 Å². The summed E-state index contributed by atoms with van der Waals surface area (Å²) in [6, 6.07) is 4.26. The first-order chi connectivity index (χ1) is 8.58. The number of halogens is 2. The summed E-state index contributed by atoms with van der Waals surface area (Å²) in [4.78, 5) is 12.1. The lowest BCUT2D eigenvalue weighted by Crippen LogP contribution is -2.22. The molecule has 0 aliphatic heterocycles. The molecule has 4 heteroatoms. The minimum absolute atomic E-state index is 0.0123. The topological polar surface area (TPSA) is 29.1 Å². The maximum atomic E-state index is 12.9. The Morgan fingerprint density at radius 3 is 2.72 bits per heavy atom. The van der Waals surface area contributed by atoms with E-state index in [0.717, 1.165) is 25.7 Å². The van der Waals surface area contributed by atoms with Crippen LogP contribution in [0.4, 0.5) is 10.1 Å². The summed E-state index contributed by atoms with van der Waals surface area (Å²) < 4.78 is 13.5. The van der Waals surface area contributed by atoms with E-state index in [4.69, 9.17) is 0 Å². The van der Waals surface area contributed by atoms with Crippen LogP contribution < -0.4 is 5.32 Å². The van der Waals surface area contributed by atoms with E-state index in [1.807, 2.05) is 6.92 Å². The Kier molecular flexibility index (Phi) is 6.33. The van der Waals surface area contributed by atoms with Gasteiger partial charge in [0.1, 0.15) is 5.82 Å². The Morgan fingerprint density at radius 2 is 2.17 bits per heavy atom. The van der Waals surface area contributed by atoms with Gasteiger partial charge < -0.3 is 5.32 Å². The van der Waals surface area contributed by atoms with Crippen LogP contribution in [0.15, 0.2) is 22.7 Å². The molecule has 2 nitrogen and oxygen atoms in total. The third-order valence-electron chi connectivity index (χ3n) is 2.96. The summed E-state index contributed by atoms with van der Waals surface area (Å²) in [6.45, 7) is 4.13. The van der Waals surface area contributed by atoms with Crippen molar-refractivity contribution in [1.82, 2.24) is 0 Å². The molecule has 0 fully saturated rings. The highest BCUT2D eigenvalue weighted by Crippen LogP contribution is 2.24. The lowest BCUT2D eigenvalue weighted by Gasteiger charge is -2.15. The third-order valence-corrected chi connectivity index (χ3v) is 3.61. The fraction of sp³-hybridized carbons (Fsp3) is 0.500. The van der Waals surface area contributed by atoms with Gasteiger partial charge in [0.15, 0.2) is 0 Å². The summed E-state index contributed by atoms with van der Waals surface area (Å²) in [5, 5.41) is 2.84. The molecule has 18 heavy (non-hydrogen) atoms. The normalized spacial score (nSPS) is 12.2. The maximum absolute atomic E-state index is 12.9. The average Bonchev–Trinajstić information content (AvgIpc) is 2.34. The van der Waals surface area contributed by atoms with Crippen molar-refractivity contribution in [2.24, 2.45) is 5.92 Å². The van der Waals surface area contributed by atoms with Gasteiger partial charge >= 0.3 is 0 Å². The molecule has 0 bridgehead atoms. The zero-order valence-electron chi connectivity index (χ0n) is 10.8. The molecular formula is C14H19BrFNO. The number of hydrogen-bond acceptors (Lipinski definition) is 1.